The van der Waals surface area contributed by atoms with Crippen molar-refractivity contribution in [2.24, 2.45) is 0 Å². The van der Waals surface area contributed by atoms with Gasteiger partial charge in [0.05, 0.1) is 13.7 Å². The Balaban J connectivity index is 2.24. The third kappa shape index (κ3) is 3.06. The minimum atomic E-state index is 0.749. The summed E-state index contributed by atoms with van der Waals surface area (Å²) in [5, 5.41) is 0. The maximum absolute atomic E-state index is 5.80. The van der Waals surface area contributed by atoms with Gasteiger partial charge >= 0.3 is 0 Å². The Morgan fingerprint density at radius 1 is 1.28 bits per heavy atom. The fraction of sp³-hybridized carbons (Fsp3) is 0.500. The molecule has 2 rings (SSSR count). The quantitative estimate of drug-likeness (QED) is 0.729. The Labute approximate surface area is 110 Å². The van der Waals surface area contributed by atoms with Crippen molar-refractivity contribution in [3.63, 3.8) is 0 Å². The van der Waals surface area contributed by atoms with Crippen LogP contribution in [0.1, 0.15) is 43.7 Å². The van der Waals surface area contributed by atoms with E-state index in [1.54, 1.807) is 7.11 Å². The molecule has 1 radical (unpaired) electrons. The molecular formula is C16H21O2. The molecule has 0 heterocycles. The van der Waals surface area contributed by atoms with Gasteiger partial charge in [0, 0.05) is 0 Å². The molecule has 0 fully saturated rings. The Kier molecular flexibility index (Phi) is 4.68. The number of rotatable bonds is 5. The van der Waals surface area contributed by atoms with Crippen molar-refractivity contribution in [1.82, 2.24) is 0 Å². The van der Waals surface area contributed by atoms with Crippen molar-refractivity contribution in [1.29, 1.82) is 0 Å². The summed E-state index contributed by atoms with van der Waals surface area (Å²) in [5.74, 6) is 1.70. The zero-order valence-corrected chi connectivity index (χ0v) is 11.3. The first-order chi connectivity index (χ1) is 8.85. The molecule has 97 valence electrons. The SMILES string of the molecule is CCCCOc1cc2c(cc1OC)CCC[C]=C2. The second-order valence-corrected chi connectivity index (χ2v) is 4.61. The molecule has 0 aliphatic heterocycles. The molecule has 0 unspecified atom stereocenters. The van der Waals surface area contributed by atoms with Crippen LogP contribution in [0.3, 0.4) is 0 Å². The van der Waals surface area contributed by atoms with Crippen LogP contribution in [0.5, 0.6) is 11.5 Å². The zero-order chi connectivity index (χ0) is 12.8. The monoisotopic (exact) mass is 245 g/mol. The van der Waals surface area contributed by atoms with E-state index in [-0.39, 0.29) is 0 Å². The third-order valence-corrected chi connectivity index (χ3v) is 3.21. The highest BCUT2D eigenvalue weighted by Crippen LogP contribution is 2.33. The predicted octanol–water partition coefficient (Wildman–Crippen LogP) is 4.03. The van der Waals surface area contributed by atoms with Crippen LogP contribution in [-0.2, 0) is 6.42 Å². The maximum atomic E-state index is 5.80. The van der Waals surface area contributed by atoms with Gasteiger partial charge < -0.3 is 9.47 Å². The van der Waals surface area contributed by atoms with E-state index < -0.39 is 0 Å². The van der Waals surface area contributed by atoms with Crippen LogP contribution in [0.15, 0.2) is 12.1 Å². The average Bonchev–Trinajstić information content (AvgIpc) is 2.62. The van der Waals surface area contributed by atoms with E-state index >= 15 is 0 Å². The minimum Gasteiger partial charge on any atom is -0.493 e. The van der Waals surface area contributed by atoms with Gasteiger partial charge in [-0.1, -0.05) is 19.4 Å². The van der Waals surface area contributed by atoms with Gasteiger partial charge in [0.25, 0.3) is 0 Å². The largest absolute Gasteiger partial charge is 0.493 e. The number of aryl methyl sites for hydroxylation is 1. The molecule has 1 aliphatic carbocycles. The van der Waals surface area contributed by atoms with Gasteiger partial charge in [-0.25, -0.2) is 0 Å². The highest BCUT2D eigenvalue weighted by Gasteiger charge is 2.11. The lowest BCUT2D eigenvalue weighted by Crippen LogP contribution is -2.00. The molecule has 0 spiro atoms. The first-order valence-electron chi connectivity index (χ1n) is 6.75. The number of ether oxygens (including phenoxy) is 2. The predicted molar refractivity (Wildman–Crippen MR) is 74.0 cm³/mol. The molecule has 0 atom stereocenters. The Morgan fingerprint density at radius 3 is 2.94 bits per heavy atom. The summed E-state index contributed by atoms with van der Waals surface area (Å²) in [6, 6.07) is 4.20. The molecule has 0 amide bonds. The van der Waals surface area contributed by atoms with E-state index in [4.69, 9.17) is 9.47 Å². The van der Waals surface area contributed by atoms with Crippen LogP contribution in [0.2, 0.25) is 0 Å². The molecule has 2 nitrogen and oxygen atoms in total. The van der Waals surface area contributed by atoms with Crippen molar-refractivity contribution in [3.05, 3.63) is 29.3 Å². The van der Waals surface area contributed by atoms with Crippen LogP contribution < -0.4 is 9.47 Å². The van der Waals surface area contributed by atoms with Crippen molar-refractivity contribution in [2.45, 2.75) is 39.0 Å². The van der Waals surface area contributed by atoms with Crippen molar-refractivity contribution in [3.8, 4) is 11.5 Å². The molecule has 1 aromatic rings. The number of hydrogen-bond acceptors (Lipinski definition) is 2. The number of allylic oxidation sites excluding steroid dienone is 1. The molecular weight excluding hydrogens is 224 g/mol. The number of methoxy groups -OCH3 is 1. The van der Waals surface area contributed by atoms with Gasteiger partial charge in [-0.05, 0) is 55.0 Å². The smallest absolute Gasteiger partial charge is 0.161 e. The molecule has 1 aromatic carbocycles. The lowest BCUT2D eigenvalue weighted by Gasteiger charge is -2.14. The van der Waals surface area contributed by atoms with Crippen molar-refractivity contribution < 1.29 is 9.47 Å². The summed E-state index contributed by atoms with van der Waals surface area (Å²) in [5.41, 5.74) is 2.56. The topological polar surface area (TPSA) is 18.5 Å². The Hall–Kier alpha value is -1.44. The second kappa shape index (κ2) is 6.48. The fourth-order valence-corrected chi connectivity index (χ4v) is 2.13. The highest BCUT2D eigenvalue weighted by atomic mass is 16.5. The fourth-order valence-electron chi connectivity index (χ4n) is 2.13. The standard InChI is InChI=1S/C16H21O2/c1-3-4-10-18-16-12-14-9-7-5-6-8-13(14)11-15(16)17-2/h9,11-12H,3-6,8,10H2,1-2H3. The lowest BCUT2D eigenvalue weighted by molar-refractivity contribution is 0.288. The summed E-state index contributed by atoms with van der Waals surface area (Å²) in [7, 11) is 1.70. The number of hydrogen-bond donors (Lipinski definition) is 0. The molecule has 18 heavy (non-hydrogen) atoms. The van der Waals surface area contributed by atoms with Crippen molar-refractivity contribution in [2.75, 3.05) is 13.7 Å². The van der Waals surface area contributed by atoms with E-state index in [0.717, 1.165) is 50.2 Å². The summed E-state index contributed by atoms with van der Waals surface area (Å²) in [6.07, 6.45) is 10.9. The summed E-state index contributed by atoms with van der Waals surface area (Å²) in [6.45, 7) is 2.91. The molecule has 2 heteroatoms. The van der Waals surface area contributed by atoms with Gasteiger partial charge in [0.15, 0.2) is 11.5 Å². The summed E-state index contributed by atoms with van der Waals surface area (Å²) in [4.78, 5) is 0. The number of fused-ring (bicyclic) bond motifs is 1. The van der Waals surface area contributed by atoms with Crippen LogP contribution in [-0.4, -0.2) is 13.7 Å². The lowest BCUT2D eigenvalue weighted by atomic mass is 10.0. The zero-order valence-electron chi connectivity index (χ0n) is 11.3. The van der Waals surface area contributed by atoms with E-state index in [9.17, 15) is 0 Å². The van der Waals surface area contributed by atoms with Crippen LogP contribution in [0.25, 0.3) is 6.08 Å². The highest BCUT2D eigenvalue weighted by molar-refractivity contribution is 5.60. The third-order valence-electron chi connectivity index (χ3n) is 3.21. The molecule has 0 saturated carbocycles. The molecule has 1 aliphatic rings. The maximum Gasteiger partial charge on any atom is 0.161 e. The average molecular weight is 245 g/mol. The molecule has 0 saturated heterocycles. The van der Waals surface area contributed by atoms with Gasteiger partial charge in [0.1, 0.15) is 0 Å². The first kappa shape index (κ1) is 13.0. The molecule has 0 aromatic heterocycles. The van der Waals surface area contributed by atoms with Gasteiger partial charge in [-0.15, -0.1) is 0 Å². The van der Waals surface area contributed by atoms with E-state index in [1.165, 1.54) is 11.1 Å². The van der Waals surface area contributed by atoms with E-state index in [0.29, 0.717) is 0 Å². The normalized spacial score (nSPS) is 13.9. The summed E-state index contributed by atoms with van der Waals surface area (Å²) >= 11 is 0. The second-order valence-electron chi connectivity index (χ2n) is 4.61. The Bertz CT molecular complexity index is 421. The number of benzene rings is 1. The van der Waals surface area contributed by atoms with Crippen molar-refractivity contribution >= 4 is 6.08 Å². The molecule has 0 N–H and O–H groups in total. The summed E-state index contributed by atoms with van der Waals surface area (Å²) < 4.78 is 11.2. The Morgan fingerprint density at radius 2 is 2.17 bits per heavy atom. The first-order valence-corrected chi connectivity index (χ1v) is 6.75. The van der Waals surface area contributed by atoms with Gasteiger partial charge in [-0.3, -0.25) is 0 Å². The molecule has 0 bridgehead atoms. The van der Waals surface area contributed by atoms with Crippen LogP contribution >= 0.6 is 0 Å². The minimum absolute atomic E-state index is 0.749. The van der Waals surface area contributed by atoms with Crippen LogP contribution in [0.4, 0.5) is 0 Å². The van der Waals surface area contributed by atoms with Gasteiger partial charge in [0.2, 0.25) is 0 Å². The van der Waals surface area contributed by atoms with Gasteiger partial charge in [-0.2, -0.15) is 0 Å². The van der Waals surface area contributed by atoms with E-state index in [2.05, 4.69) is 31.2 Å². The van der Waals surface area contributed by atoms with Crippen LogP contribution in [0, 0.1) is 6.08 Å². The number of unbranched alkanes of at least 4 members (excludes halogenated alkanes) is 1. The van der Waals surface area contributed by atoms with E-state index in [1.807, 2.05) is 0 Å².